The van der Waals surface area contributed by atoms with Crippen LogP contribution < -0.4 is 14.8 Å². The van der Waals surface area contributed by atoms with Crippen molar-refractivity contribution >= 4 is 0 Å². The van der Waals surface area contributed by atoms with Gasteiger partial charge in [0, 0.05) is 18.7 Å². The van der Waals surface area contributed by atoms with Gasteiger partial charge < -0.3 is 19.9 Å². The summed E-state index contributed by atoms with van der Waals surface area (Å²) in [6, 6.07) is 15.9. The molecule has 2 aromatic rings. The zero-order valence-corrected chi connectivity index (χ0v) is 12.9. The topological polar surface area (TPSA) is 50.7 Å². The van der Waals surface area contributed by atoms with Gasteiger partial charge in [-0.25, -0.2) is 0 Å². The van der Waals surface area contributed by atoms with E-state index in [1.54, 1.807) is 0 Å². The van der Waals surface area contributed by atoms with Crippen LogP contribution in [-0.2, 0) is 13.2 Å². The number of rotatable bonds is 9. The molecule has 2 aromatic carbocycles. The predicted molar refractivity (Wildman–Crippen MR) is 87.2 cm³/mol. The van der Waals surface area contributed by atoms with E-state index in [9.17, 15) is 0 Å². The van der Waals surface area contributed by atoms with Crippen molar-refractivity contribution in [3.63, 3.8) is 0 Å². The Labute approximate surface area is 131 Å². The van der Waals surface area contributed by atoms with Crippen LogP contribution in [0.3, 0.4) is 0 Å². The molecule has 4 heteroatoms. The van der Waals surface area contributed by atoms with Gasteiger partial charge in [-0.2, -0.15) is 0 Å². The number of benzene rings is 2. The molecule has 0 aliphatic rings. The number of hydrogen-bond donors (Lipinski definition) is 2. The molecule has 0 amide bonds. The Morgan fingerprint density at radius 1 is 1.00 bits per heavy atom. The maximum Gasteiger partial charge on any atom is 0.166 e. The molecule has 0 bridgehead atoms. The maximum absolute atomic E-state index is 8.89. The van der Waals surface area contributed by atoms with E-state index in [2.05, 4.69) is 5.32 Å². The van der Waals surface area contributed by atoms with Crippen molar-refractivity contribution in [3.8, 4) is 11.5 Å². The molecule has 22 heavy (non-hydrogen) atoms. The second-order valence-electron chi connectivity index (χ2n) is 4.85. The van der Waals surface area contributed by atoms with Gasteiger partial charge in [0.2, 0.25) is 0 Å². The Bertz CT molecular complexity index is 558. The second-order valence-corrected chi connectivity index (χ2v) is 4.85. The van der Waals surface area contributed by atoms with Gasteiger partial charge in [0.25, 0.3) is 0 Å². The van der Waals surface area contributed by atoms with Gasteiger partial charge in [0.05, 0.1) is 13.2 Å². The lowest BCUT2D eigenvalue weighted by Crippen LogP contribution is -2.18. The molecule has 0 aromatic heterocycles. The summed E-state index contributed by atoms with van der Waals surface area (Å²) in [5.41, 5.74) is 2.14. The van der Waals surface area contributed by atoms with Gasteiger partial charge in [0.15, 0.2) is 11.5 Å². The van der Waals surface area contributed by atoms with Crippen molar-refractivity contribution in [3.05, 3.63) is 59.7 Å². The lowest BCUT2D eigenvalue weighted by atomic mass is 10.1. The average molecular weight is 301 g/mol. The summed E-state index contributed by atoms with van der Waals surface area (Å²) in [4.78, 5) is 0. The first-order valence-corrected chi connectivity index (χ1v) is 7.58. The normalized spacial score (nSPS) is 10.5. The van der Waals surface area contributed by atoms with Gasteiger partial charge >= 0.3 is 0 Å². The van der Waals surface area contributed by atoms with Crippen LogP contribution in [0.25, 0.3) is 0 Å². The molecule has 2 rings (SSSR count). The zero-order chi connectivity index (χ0) is 15.6. The predicted octanol–water partition coefficient (Wildman–Crippen LogP) is 2.75. The van der Waals surface area contributed by atoms with Crippen molar-refractivity contribution in [1.82, 2.24) is 5.32 Å². The number of para-hydroxylation sites is 1. The molecule has 0 fully saturated rings. The van der Waals surface area contributed by atoms with Gasteiger partial charge in [-0.05, 0) is 18.6 Å². The molecule has 0 unspecified atom stereocenters. The van der Waals surface area contributed by atoms with Crippen LogP contribution in [-0.4, -0.2) is 24.9 Å². The lowest BCUT2D eigenvalue weighted by molar-refractivity contribution is 0.264. The Balaban J connectivity index is 2.13. The molecule has 0 saturated heterocycles. The molecular weight excluding hydrogens is 278 g/mol. The quantitative estimate of drug-likeness (QED) is 0.699. The van der Waals surface area contributed by atoms with Gasteiger partial charge in [-0.1, -0.05) is 42.5 Å². The minimum atomic E-state index is 0.116. The van der Waals surface area contributed by atoms with E-state index in [1.807, 2.05) is 55.5 Å². The summed E-state index contributed by atoms with van der Waals surface area (Å²) in [5, 5.41) is 12.1. The summed E-state index contributed by atoms with van der Waals surface area (Å²) in [6.07, 6.45) is 0. The highest BCUT2D eigenvalue weighted by Gasteiger charge is 2.11. The fourth-order valence-electron chi connectivity index (χ4n) is 2.17. The Morgan fingerprint density at radius 2 is 1.82 bits per heavy atom. The Hall–Kier alpha value is -2.04. The summed E-state index contributed by atoms with van der Waals surface area (Å²) in [7, 11) is 0. The highest BCUT2D eigenvalue weighted by Crippen LogP contribution is 2.32. The fraction of sp³-hybridized carbons (Fsp3) is 0.333. The molecule has 0 saturated carbocycles. The van der Waals surface area contributed by atoms with Crippen LogP contribution in [0, 0.1) is 0 Å². The third-order valence-corrected chi connectivity index (χ3v) is 3.19. The molecule has 0 aliphatic carbocycles. The monoisotopic (exact) mass is 301 g/mol. The van der Waals surface area contributed by atoms with Crippen molar-refractivity contribution in [2.75, 3.05) is 19.8 Å². The summed E-state index contributed by atoms with van der Waals surface area (Å²) in [5.74, 6) is 1.51. The number of hydrogen-bond acceptors (Lipinski definition) is 4. The Morgan fingerprint density at radius 3 is 2.55 bits per heavy atom. The molecule has 0 atom stereocenters. The fourth-order valence-corrected chi connectivity index (χ4v) is 2.17. The number of aliphatic hydroxyl groups is 1. The first kappa shape index (κ1) is 16.3. The summed E-state index contributed by atoms with van der Waals surface area (Å²) < 4.78 is 11.7. The standard InChI is InChI=1S/C18H23NO3/c1-2-21-17-10-6-9-16(13-19-11-12-20)18(17)22-14-15-7-4-3-5-8-15/h3-10,19-20H,2,11-14H2,1H3. The van der Waals surface area contributed by atoms with Crippen molar-refractivity contribution in [2.45, 2.75) is 20.1 Å². The zero-order valence-electron chi connectivity index (χ0n) is 12.9. The number of ether oxygens (including phenoxy) is 2. The van der Waals surface area contributed by atoms with E-state index in [0.717, 1.165) is 22.6 Å². The molecule has 0 spiro atoms. The van der Waals surface area contributed by atoms with E-state index in [1.165, 1.54) is 0 Å². The van der Waals surface area contributed by atoms with E-state index in [0.29, 0.717) is 26.3 Å². The van der Waals surface area contributed by atoms with Gasteiger partial charge in [0.1, 0.15) is 6.61 Å². The summed E-state index contributed by atoms with van der Waals surface area (Å²) in [6.45, 7) is 4.35. The second kappa shape index (κ2) is 9.07. The maximum atomic E-state index is 8.89. The van der Waals surface area contributed by atoms with Gasteiger partial charge in [-0.3, -0.25) is 0 Å². The first-order valence-electron chi connectivity index (χ1n) is 7.58. The molecule has 0 heterocycles. The Kier molecular flexibility index (Phi) is 6.74. The van der Waals surface area contributed by atoms with Crippen LogP contribution in [0.2, 0.25) is 0 Å². The molecule has 4 nitrogen and oxygen atoms in total. The third-order valence-electron chi connectivity index (χ3n) is 3.19. The first-order chi connectivity index (χ1) is 10.8. The minimum Gasteiger partial charge on any atom is -0.490 e. The van der Waals surface area contributed by atoms with Gasteiger partial charge in [-0.15, -0.1) is 0 Å². The lowest BCUT2D eigenvalue weighted by Gasteiger charge is -2.16. The van der Waals surface area contributed by atoms with Crippen LogP contribution in [0.15, 0.2) is 48.5 Å². The van der Waals surface area contributed by atoms with Crippen molar-refractivity contribution < 1.29 is 14.6 Å². The van der Waals surface area contributed by atoms with E-state index in [-0.39, 0.29) is 6.61 Å². The van der Waals surface area contributed by atoms with E-state index >= 15 is 0 Å². The van der Waals surface area contributed by atoms with Crippen LogP contribution in [0.5, 0.6) is 11.5 Å². The SMILES string of the molecule is CCOc1cccc(CNCCO)c1OCc1ccccc1. The van der Waals surface area contributed by atoms with Crippen LogP contribution in [0.4, 0.5) is 0 Å². The molecule has 118 valence electrons. The van der Waals surface area contributed by atoms with E-state index in [4.69, 9.17) is 14.6 Å². The van der Waals surface area contributed by atoms with Crippen LogP contribution in [0.1, 0.15) is 18.1 Å². The minimum absolute atomic E-state index is 0.116. The van der Waals surface area contributed by atoms with Crippen molar-refractivity contribution in [2.24, 2.45) is 0 Å². The van der Waals surface area contributed by atoms with E-state index < -0.39 is 0 Å². The summed E-state index contributed by atoms with van der Waals surface area (Å²) >= 11 is 0. The van der Waals surface area contributed by atoms with Crippen molar-refractivity contribution in [1.29, 1.82) is 0 Å². The van der Waals surface area contributed by atoms with Crippen LogP contribution >= 0.6 is 0 Å². The highest BCUT2D eigenvalue weighted by molar-refractivity contribution is 5.46. The molecule has 2 N–H and O–H groups in total. The molecular formula is C18H23NO3. The molecule has 0 radical (unpaired) electrons. The molecule has 0 aliphatic heterocycles. The largest absolute Gasteiger partial charge is 0.490 e. The average Bonchev–Trinajstić information content (AvgIpc) is 2.55. The third kappa shape index (κ3) is 4.76. The smallest absolute Gasteiger partial charge is 0.166 e. The number of nitrogens with one attached hydrogen (secondary N) is 1. The highest BCUT2D eigenvalue weighted by atomic mass is 16.5. The number of aliphatic hydroxyl groups excluding tert-OH is 1.